The van der Waals surface area contributed by atoms with Gasteiger partial charge in [-0.15, -0.1) is 0 Å². The summed E-state index contributed by atoms with van der Waals surface area (Å²) in [4.78, 5) is 2.24. The van der Waals surface area contributed by atoms with Gasteiger partial charge in [0.05, 0.1) is 5.02 Å². The molecule has 0 bridgehead atoms. The molecule has 0 unspecified atom stereocenters. The number of nitrogens with zero attached hydrogens (tertiary/aromatic N) is 2. The minimum Gasteiger partial charge on any atom is -0.369 e. The second-order valence-corrected chi connectivity index (χ2v) is 9.48. The van der Waals surface area contributed by atoms with Crippen molar-refractivity contribution in [3.05, 3.63) is 56.5 Å². The van der Waals surface area contributed by atoms with Crippen LogP contribution in [0.1, 0.15) is 11.1 Å². The van der Waals surface area contributed by atoms with Crippen LogP contribution in [0.15, 0.2) is 35.2 Å². The minimum atomic E-state index is -3.66. The van der Waals surface area contributed by atoms with E-state index in [4.69, 9.17) is 34.8 Å². The van der Waals surface area contributed by atoms with Gasteiger partial charge in [-0.25, -0.2) is 8.42 Å². The molecule has 0 radical (unpaired) electrons. The van der Waals surface area contributed by atoms with Crippen LogP contribution in [0.2, 0.25) is 15.1 Å². The van der Waals surface area contributed by atoms with Gasteiger partial charge in [0.15, 0.2) is 0 Å². The Morgan fingerprint density at radius 3 is 2.04 bits per heavy atom. The van der Waals surface area contributed by atoms with E-state index in [-0.39, 0.29) is 9.92 Å². The molecule has 0 amide bonds. The number of halogens is 3. The van der Waals surface area contributed by atoms with E-state index in [9.17, 15) is 8.42 Å². The van der Waals surface area contributed by atoms with E-state index in [1.165, 1.54) is 16.4 Å². The average Bonchev–Trinajstić information content (AvgIpc) is 2.60. The summed E-state index contributed by atoms with van der Waals surface area (Å²) in [5.41, 5.74) is 2.70. The highest BCUT2D eigenvalue weighted by molar-refractivity contribution is 7.89. The second kappa shape index (κ2) is 7.56. The molecule has 0 atom stereocenters. The molecule has 2 aromatic carbocycles. The largest absolute Gasteiger partial charge is 0.369 e. The molecular formula is C18H19Cl3N2O2S. The van der Waals surface area contributed by atoms with Crippen LogP contribution in [-0.4, -0.2) is 38.9 Å². The van der Waals surface area contributed by atoms with Gasteiger partial charge in [-0.3, -0.25) is 0 Å². The van der Waals surface area contributed by atoms with Crippen LogP contribution in [0.3, 0.4) is 0 Å². The van der Waals surface area contributed by atoms with Crippen LogP contribution in [0.5, 0.6) is 0 Å². The first-order chi connectivity index (χ1) is 12.2. The Bertz CT molecular complexity index is 940. The zero-order valence-electron chi connectivity index (χ0n) is 14.5. The Balaban J connectivity index is 1.78. The fourth-order valence-corrected chi connectivity index (χ4v) is 5.34. The molecule has 0 spiro atoms. The molecule has 1 aliphatic heterocycles. The summed E-state index contributed by atoms with van der Waals surface area (Å²) < 4.78 is 27.4. The van der Waals surface area contributed by atoms with E-state index in [1.807, 2.05) is 25.1 Å². The Hall–Kier alpha value is -0.980. The van der Waals surface area contributed by atoms with Crippen molar-refractivity contribution in [2.45, 2.75) is 18.7 Å². The predicted molar refractivity (Wildman–Crippen MR) is 108 cm³/mol. The molecule has 2 aromatic rings. The Labute approximate surface area is 169 Å². The lowest BCUT2D eigenvalue weighted by atomic mass is 10.2. The minimum absolute atomic E-state index is 0.105. The van der Waals surface area contributed by atoms with E-state index < -0.39 is 10.0 Å². The lowest BCUT2D eigenvalue weighted by molar-refractivity contribution is 0.385. The number of hydrogen-bond acceptors (Lipinski definition) is 3. The molecule has 4 nitrogen and oxygen atoms in total. The monoisotopic (exact) mass is 432 g/mol. The van der Waals surface area contributed by atoms with Crippen molar-refractivity contribution in [1.82, 2.24) is 4.31 Å². The summed E-state index contributed by atoms with van der Waals surface area (Å²) in [6, 6.07) is 8.91. The van der Waals surface area contributed by atoms with E-state index in [0.29, 0.717) is 41.8 Å². The maximum atomic E-state index is 13.0. The molecule has 0 aromatic heterocycles. The number of rotatable bonds is 3. The van der Waals surface area contributed by atoms with Crippen LogP contribution in [0.4, 0.5) is 5.69 Å². The topological polar surface area (TPSA) is 40.6 Å². The summed E-state index contributed by atoms with van der Waals surface area (Å²) in [7, 11) is -3.66. The molecule has 1 saturated heterocycles. The molecule has 0 saturated carbocycles. The van der Waals surface area contributed by atoms with Crippen LogP contribution < -0.4 is 4.90 Å². The van der Waals surface area contributed by atoms with Crippen LogP contribution in [0, 0.1) is 13.8 Å². The van der Waals surface area contributed by atoms with Crippen LogP contribution in [0.25, 0.3) is 0 Å². The third-order valence-electron chi connectivity index (χ3n) is 4.59. The Morgan fingerprint density at radius 2 is 1.42 bits per heavy atom. The summed E-state index contributed by atoms with van der Waals surface area (Å²) >= 11 is 18.4. The number of sulfonamides is 1. The number of benzene rings is 2. The van der Waals surface area contributed by atoms with Gasteiger partial charge in [-0.05, 0) is 49.2 Å². The maximum Gasteiger partial charge on any atom is 0.244 e. The van der Waals surface area contributed by atoms with E-state index in [2.05, 4.69) is 4.90 Å². The molecule has 140 valence electrons. The van der Waals surface area contributed by atoms with Crippen molar-refractivity contribution >= 4 is 50.5 Å². The SMILES string of the molecule is Cc1ccc(N2CCN(S(=O)(=O)c3cc(C)c(Cl)cc3Cl)CC2)cc1Cl. The third-order valence-corrected chi connectivity index (χ3v) is 7.77. The number of hydrogen-bond donors (Lipinski definition) is 0. The zero-order valence-corrected chi connectivity index (χ0v) is 17.6. The highest BCUT2D eigenvalue weighted by atomic mass is 35.5. The molecule has 1 aliphatic rings. The smallest absolute Gasteiger partial charge is 0.244 e. The van der Waals surface area contributed by atoms with E-state index in [0.717, 1.165) is 11.3 Å². The molecule has 1 fully saturated rings. The van der Waals surface area contributed by atoms with Gasteiger partial charge >= 0.3 is 0 Å². The van der Waals surface area contributed by atoms with Gasteiger partial charge in [0.1, 0.15) is 4.90 Å². The van der Waals surface area contributed by atoms with Crippen molar-refractivity contribution < 1.29 is 8.42 Å². The summed E-state index contributed by atoms with van der Waals surface area (Å²) in [6.45, 7) is 5.65. The van der Waals surface area contributed by atoms with E-state index >= 15 is 0 Å². The van der Waals surface area contributed by atoms with Crippen molar-refractivity contribution in [1.29, 1.82) is 0 Å². The molecule has 0 aliphatic carbocycles. The van der Waals surface area contributed by atoms with Crippen LogP contribution in [-0.2, 0) is 10.0 Å². The summed E-state index contributed by atoms with van der Waals surface area (Å²) in [5.74, 6) is 0. The first-order valence-electron chi connectivity index (χ1n) is 8.17. The second-order valence-electron chi connectivity index (χ2n) is 6.36. The molecule has 1 heterocycles. The molecule has 0 N–H and O–H groups in total. The fourth-order valence-electron chi connectivity index (χ4n) is 2.93. The van der Waals surface area contributed by atoms with Crippen molar-refractivity contribution in [2.24, 2.45) is 0 Å². The summed E-state index contributed by atoms with van der Waals surface area (Å²) in [6.07, 6.45) is 0. The van der Waals surface area contributed by atoms with Gasteiger partial charge in [0.2, 0.25) is 10.0 Å². The standard InChI is InChI=1S/C18H19Cl3N2O2S/c1-12-3-4-14(10-15(12)19)22-5-7-23(8-6-22)26(24,25)18-9-13(2)16(20)11-17(18)21/h3-4,9-11H,5-8H2,1-2H3. The Morgan fingerprint density at radius 1 is 0.808 bits per heavy atom. The van der Waals surface area contributed by atoms with Gasteiger partial charge in [-0.2, -0.15) is 4.31 Å². The highest BCUT2D eigenvalue weighted by Crippen LogP contribution is 2.31. The molecule has 3 rings (SSSR count). The lowest BCUT2D eigenvalue weighted by Crippen LogP contribution is -2.48. The zero-order chi connectivity index (χ0) is 19.1. The quantitative estimate of drug-likeness (QED) is 0.700. The lowest BCUT2D eigenvalue weighted by Gasteiger charge is -2.35. The molecule has 8 heteroatoms. The van der Waals surface area contributed by atoms with Gasteiger partial charge < -0.3 is 4.90 Å². The first kappa shape index (κ1) is 19.8. The highest BCUT2D eigenvalue weighted by Gasteiger charge is 2.30. The summed E-state index contributed by atoms with van der Waals surface area (Å²) in [5, 5.41) is 1.31. The number of anilines is 1. The number of piperazine rings is 1. The third kappa shape index (κ3) is 3.82. The van der Waals surface area contributed by atoms with Gasteiger partial charge in [-0.1, -0.05) is 40.9 Å². The first-order valence-corrected chi connectivity index (χ1v) is 10.7. The average molecular weight is 434 g/mol. The number of aryl methyl sites for hydroxylation is 2. The van der Waals surface area contributed by atoms with Crippen molar-refractivity contribution in [3.63, 3.8) is 0 Å². The predicted octanol–water partition coefficient (Wildman–Crippen LogP) is 4.77. The van der Waals surface area contributed by atoms with Gasteiger partial charge in [0.25, 0.3) is 0 Å². The van der Waals surface area contributed by atoms with Crippen LogP contribution >= 0.6 is 34.8 Å². The molecular weight excluding hydrogens is 415 g/mol. The normalized spacial score (nSPS) is 16.1. The maximum absolute atomic E-state index is 13.0. The molecule has 26 heavy (non-hydrogen) atoms. The fraction of sp³-hybridized carbons (Fsp3) is 0.333. The van der Waals surface area contributed by atoms with Crippen molar-refractivity contribution in [2.75, 3.05) is 31.1 Å². The van der Waals surface area contributed by atoms with Crippen molar-refractivity contribution in [3.8, 4) is 0 Å². The Kier molecular flexibility index (Phi) is 5.75. The van der Waals surface area contributed by atoms with E-state index in [1.54, 1.807) is 6.92 Å². The van der Waals surface area contributed by atoms with Gasteiger partial charge in [0, 0.05) is 41.9 Å².